The Morgan fingerprint density at radius 2 is 0.867 bits per heavy atom. The highest BCUT2D eigenvalue weighted by Crippen LogP contribution is 2.36. The van der Waals surface area contributed by atoms with E-state index in [4.69, 9.17) is 9.47 Å². The summed E-state index contributed by atoms with van der Waals surface area (Å²) in [6.45, 7) is 0. The van der Waals surface area contributed by atoms with E-state index in [0.717, 1.165) is 44.5 Å². The zero-order chi connectivity index (χ0) is 20.8. The highest BCUT2D eigenvalue weighted by atomic mass is 16.5. The summed E-state index contributed by atoms with van der Waals surface area (Å²) in [5.41, 5.74) is 3.59. The maximum absolute atomic E-state index is 5.72. The Morgan fingerprint density at radius 3 is 1.23 bits per heavy atom. The fourth-order valence-corrected chi connectivity index (χ4v) is 3.31. The molecule has 4 rings (SSSR count). The largest absolute Gasteiger partial charge is 0.495 e. The molecule has 0 saturated heterocycles. The van der Waals surface area contributed by atoms with Crippen molar-refractivity contribution in [3.8, 4) is 35.2 Å². The van der Waals surface area contributed by atoms with E-state index in [9.17, 15) is 0 Å². The van der Waals surface area contributed by atoms with E-state index in [1.807, 2.05) is 84.9 Å². The minimum atomic E-state index is 0.733. The van der Waals surface area contributed by atoms with Crippen LogP contribution in [0.2, 0.25) is 0 Å². The van der Waals surface area contributed by atoms with Gasteiger partial charge in [0.1, 0.15) is 11.5 Å². The van der Waals surface area contributed by atoms with Crippen molar-refractivity contribution in [2.45, 2.75) is 0 Å². The lowest BCUT2D eigenvalue weighted by molar-refractivity contribution is 0.414. The number of ether oxygens (including phenoxy) is 2. The van der Waals surface area contributed by atoms with Gasteiger partial charge in [0.05, 0.1) is 25.3 Å². The summed E-state index contributed by atoms with van der Waals surface area (Å²) >= 11 is 0. The van der Waals surface area contributed by atoms with Gasteiger partial charge < -0.3 is 9.47 Å². The molecule has 30 heavy (non-hydrogen) atoms. The quantitative estimate of drug-likeness (QED) is 0.413. The number of fused-ring (bicyclic) bond motifs is 1. The average molecular weight is 388 g/mol. The van der Waals surface area contributed by atoms with Crippen LogP contribution in [-0.2, 0) is 0 Å². The monoisotopic (exact) mass is 388 g/mol. The van der Waals surface area contributed by atoms with Crippen LogP contribution in [0.4, 0.5) is 0 Å². The topological polar surface area (TPSA) is 18.5 Å². The molecule has 0 aliphatic rings. The van der Waals surface area contributed by atoms with E-state index in [2.05, 4.69) is 23.7 Å². The number of hydrogen-bond donors (Lipinski definition) is 0. The Kier molecular flexibility index (Phi) is 5.70. The van der Waals surface area contributed by atoms with Gasteiger partial charge in [-0.25, -0.2) is 0 Å². The third kappa shape index (κ3) is 4.00. The number of hydrogen-bond acceptors (Lipinski definition) is 2. The highest BCUT2D eigenvalue weighted by molar-refractivity contribution is 5.96. The molecule has 0 fully saturated rings. The van der Waals surface area contributed by atoms with Crippen molar-refractivity contribution < 1.29 is 9.47 Å². The van der Waals surface area contributed by atoms with Crippen LogP contribution in [0.5, 0.6) is 11.5 Å². The molecule has 0 N–H and O–H groups in total. The van der Waals surface area contributed by atoms with Crippen LogP contribution in [0.1, 0.15) is 22.3 Å². The first-order valence-electron chi connectivity index (χ1n) is 9.62. The molecule has 0 unspecified atom stereocenters. The lowest BCUT2D eigenvalue weighted by atomic mass is 10.0. The molecule has 0 spiro atoms. The Hall–Kier alpha value is -4.14. The Labute approximate surface area is 177 Å². The molecule has 0 heterocycles. The molecular formula is C28H20O2. The Balaban J connectivity index is 1.80. The van der Waals surface area contributed by atoms with Gasteiger partial charge in [0, 0.05) is 21.9 Å². The molecule has 0 radical (unpaired) electrons. The molecule has 0 bridgehead atoms. The second-order valence-electron chi connectivity index (χ2n) is 6.62. The van der Waals surface area contributed by atoms with Crippen LogP contribution in [-0.4, -0.2) is 14.2 Å². The summed E-state index contributed by atoms with van der Waals surface area (Å²) in [5.74, 6) is 14.3. The molecule has 0 aliphatic carbocycles. The van der Waals surface area contributed by atoms with Crippen LogP contribution in [0.25, 0.3) is 10.8 Å². The molecule has 4 aromatic rings. The molecule has 0 atom stereocenters. The maximum atomic E-state index is 5.72. The lowest BCUT2D eigenvalue weighted by Crippen LogP contribution is -1.94. The summed E-state index contributed by atoms with van der Waals surface area (Å²) in [5, 5.41) is 1.89. The molecule has 4 aromatic carbocycles. The van der Waals surface area contributed by atoms with Gasteiger partial charge in [0.15, 0.2) is 0 Å². The molecule has 0 saturated carbocycles. The second-order valence-corrected chi connectivity index (χ2v) is 6.62. The fraction of sp³-hybridized carbons (Fsp3) is 0.0714. The minimum absolute atomic E-state index is 0.733. The summed E-state index contributed by atoms with van der Waals surface area (Å²) in [4.78, 5) is 0. The normalized spacial score (nSPS) is 9.80. The summed E-state index contributed by atoms with van der Waals surface area (Å²) in [6, 6.07) is 27.8. The van der Waals surface area contributed by atoms with Gasteiger partial charge in [-0.05, 0) is 48.5 Å². The predicted octanol–water partition coefficient (Wildman–Crippen LogP) is 5.66. The summed E-state index contributed by atoms with van der Waals surface area (Å²) in [6.07, 6.45) is 0. The van der Waals surface area contributed by atoms with Gasteiger partial charge in [0.2, 0.25) is 0 Å². The SMILES string of the molecule is COc1c(C#Cc2ccccc2)ccc2c(OC)c(C#Cc3ccccc3)ccc12. The molecule has 144 valence electrons. The van der Waals surface area contributed by atoms with Crippen molar-refractivity contribution in [2.75, 3.05) is 14.2 Å². The number of benzene rings is 4. The molecular weight excluding hydrogens is 368 g/mol. The van der Waals surface area contributed by atoms with E-state index in [1.165, 1.54) is 0 Å². The van der Waals surface area contributed by atoms with Gasteiger partial charge in [-0.15, -0.1) is 0 Å². The van der Waals surface area contributed by atoms with Crippen LogP contribution >= 0.6 is 0 Å². The van der Waals surface area contributed by atoms with E-state index < -0.39 is 0 Å². The summed E-state index contributed by atoms with van der Waals surface area (Å²) < 4.78 is 11.4. The fourth-order valence-electron chi connectivity index (χ4n) is 3.31. The van der Waals surface area contributed by atoms with Crippen molar-refractivity contribution in [3.05, 3.63) is 107 Å². The van der Waals surface area contributed by atoms with Crippen molar-refractivity contribution in [2.24, 2.45) is 0 Å². The van der Waals surface area contributed by atoms with E-state index >= 15 is 0 Å². The number of methoxy groups -OCH3 is 2. The van der Waals surface area contributed by atoms with Gasteiger partial charge in [0.25, 0.3) is 0 Å². The Bertz CT molecular complexity index is 1190. The second kappa shape index (κ2) is 8.91. The molecule has 2 nitrogen and oxygen atoms in total. The van der Waals surface area contributed by atoms with E-state index in [-0.39, 0.29) is 0 Å². The van der Waals surface area contributed by atoms with Gasteiger partial charge in [-0.2, -0.15) is 0 Å². The molecule has 0 amide bonds. The van der Waals surface area contributed by atoms with Crippen LogP contribution in [0, 0.1) is 23.7 Å². The van der Waals surface area contributed by atoms with E-state index in [0.29, 0.717) is 0 Å². The predicted molar refractivity (Wildman–Crippen MR) is 122 cm³/mol. The Morgan fingerprint density at radius 1 is 0.467 bits per heavy atom. The third-order valence-corrected chi connectivity index (χ3v) is 4.74. The van der Waals surface area contributed by atoms with Crippen molar-refractivity contribution >= 4 is 10.8 Å². The van der Waals surface area contributed by atoms with E-state index in [1.54, 1.807) is 14.2 Å². The molecule has 2 heteroatoms. The standard InChI is InChI=1S/C28H20O2/c1-29-27-23(15-13-21-9-5-3-6-10-21)17-20-26-25(27)19-18-24(28(26)30-2)16-14-22-11-7-4-8-12-22/h3-12,17-20H,1-2H3. The molecule has 0 aliphatic heterocycles. The first-order valence-corrected chi connectivity index (χ1v) is 9.62. The van der Waals surface area contributed by atoms with Crippen LogP contribution in [0.15, 0.2) is 84.9 Å². The smallest absolute Gasteiger partial charge is 0.142 e. The maximum Gasteiger partial charge on any atom is 0.142 e. The van der Waals surface area contributed by atoms with Crippen molar-refractivity contribution in [3.63, 3.8) is 0 Å². The third-order valence-electron chi connectivity index (χ3n) is 4.74. The summed E-state index contributed by atoms with van der Waals surface area (Å²) in [7, 11) is 3.33. The average Bonchev–Trinajstić information content (AvgIpc) is 2.81. The zero-order valence-corrected chi connectivity index (χ0v) is 16.9. The van der Waals surface area contributed by atoms with Crippen LogP contribution in [0.3, 0.4) is 0 Å². The van der Waals surface area contributed by atoms with Crippen LogP contribution < -0.4 is 9.47 Å². The first kappa shape index (κ1) is 19.2. The number of rotatable bonds is 2. The van der Waals surface area contributed by atoms with Crippen molar-refractivity contribution in [1.29, 1.82) is 0 Å². The molecule has 0 aromatic heterocycles. The van der Waals surface area contributed by atoms with Gasteiger partial charge >= 0.3 is 0 Å². The highest BCUT2D eigenvalue weighted by Gasteiger charge is 2.13. The van der Waals surface area contributed by atoms with Gasteiger partial charge in [-0.3, -0.25) is 0 Å². The minimum Gasteiger partial charge on any atom is -0.495 e. The zero-order valence-electron chi connectivity index (χ0n) is 16.9. The first-order chi connectivity index (χ1) is 14.8. The van der Waals surface area contributed by atoms with Crippen molar-refractivity contribution in [1.82, 2.24) is 0 Å². The van der Waals surface area contributed by atoms with Gasteiger partial charge in [-0.1, -0.05) is 60.1 Å². The lowest BCUT2D eigenvalue weighted by Gasteiger charge is -2.12.